The molecule has 0 radical (unpaired) electrons. The number of carbonyl (C=O) groups is 1. The zero-order chi connectivity index (χ0) is 16.7. The predicted molar refractivity (Wildman–Crippen MR) is 93.9 cm³/mol. The molecule has 0 saturated carbocycles. The standard InChI is InChI=1S/C19H24N4O/c1-13-3-5-15(6-4-13)17-11-20-23(12-17)19(24)21-18-14(2)22-9-7-16(18)8-10-22/h3-6,11-12,14,16,18H,7-10H2,1-2H3,(H,21,24)/t14-,18+/m1/s1. The van der Waals surface area contributed by atoms with Crippen LogP contribution in [0.4, 0.5) is 4.79 Å². The molecule has 5 rings (SSSR count). The molecule has 3 fully saturated rings. The molecule has 1 aromatic carbocycles. The SMILES string of the molecule is Cc1ccc(-c2cnn(C(=O)N[C@@H]3C4CCN(CC4)[C@@H]3C)c2)cc1. The first-order valence-electron chi connectivity index (χ1n) is 8.78. The van der Waals surface area contributed by atoms with Gasteiger partial charge in [-0.3, -0.25) is 4.90 Å². The highest BCUT2D eigenvalue weighted by Gasteiger charge is 2.40. The fourth-order valence-corrected chi connectivity index (χ4v) is 4.08. The molecule has 2 bridgehead atoms. The van der Waals surface area contributed by atoms with E-state index in [1.54, 1.807) is 6.20 Å². The van der Waals surface area contributed by atoms with Gasteiger partial charge in [0.25, 0.3) is 0 Å². The van der Waals surface area contributed by atoms with Crippen molar-refractivity contribution in [3.63, 3.8) is 0 Å². The summed E-state index contributed by atoms with van der Waals surface area (Å²) in [5.74, 6) is 0.598. The van der Waals surface area contributed by atoms with Crippen LogP contribution in [0.5, 0.6) is 0 Å². The third kappa shape index (κ3) is 2.73. The van der Waals surface area contributed by atoms with Crippen LogP contribution in [0, 0.1) is 12.8 Å². The normalized spacial score (nSPS) is 28.8. The molecule has 3 aliphatic heterocycles. The largest absolute Gasteiger partial charge is 0.342 e. The second-order valence-corrected chi connectivity index (χ2v) is 7.13. The van der Waals surface area contributed by atoms with Gasteiger partial charge in [0.1, 0.15) is 0 Å². The Labute approximate surface area is 142 Å². The van der Waals surface area contributed by atoms with E-state index in [1.807, 2.05) is 6.20 Å². The third-order valence-electron chi connectivity index (χ3n) is 5.64. The van der Waals surface area contributed by atoms with Gasteiger partial charge in [-0.15, -0.1) is 0 Å². The molecule has 4 heterocycles. The molecule has 3 aliphatic rings. The molecule has 2 aromatic rings. The summed E-state index contributed by atoms with van der Waals surface area (Å²) in [7, 11) is 0. The number of piperidine rings is 3. The van der Waals surface area contributed by atoms with Crippen LogP contribution in [-0.4, -0.2) is 45.9 Å². The molecule has 3 saturated heterocycles. The van der Waals surface area contributed by atoms with E-state index in [2.05, 4.69) is 53.4 Å². The van der Waals surface area contributed by atoms with E-state index in [0.29, 0.717) is 12.0 Å². The van der Waals surface area contributed by atoms with Gasteiger partial charge in [-0.05, 0) is 51.3 Å². The number of aromatic nitrogens is 2. The average molecular weight is 324 g/mol. The van der Waals surface area contributed by atoms with Gasteiger partial charge < -0.3 is 5.32 Å². The molecule has 1 amide bonds. The number of fused-ring (bicyclic) bond motifs is 3. The monoisotopic (exact) mass is 324 g/mol. The first-order chi connectivity index (χ1) is 11.6. The number of nitrogens with one attached hydrogen (secondary N) is 1. The summed E-state index contributed by atoms with van der Waals surface area (Å²) in [4.78, 5) is 15.1. The number of carbonyl (C=O) groups excluding carboxylic acids is 1. The van der Waals surface area contributed by atoms with Crippen molar-refractivity contribution in [1.82, 2.24) is 20.0 Å². The van der Waals surface area contributed by atoms with Crippen molar-refractivity contribution in [2.45, 2.75) is 38.8 Å². The van der Waals surface area contributed by atoms with E-state index in [4.69, 9.17) is 0 Å². The van der Waals surface area contributed by atoms with Crippen LogP contribution in [0.2, 0.25) is 0 Å². The fraction of sp³-hybridized carbons (Fsp3) is 0.474. The highest BCUT2D eigenvalue weighted by atomic mass is 16.2. The van der Waals surface area contributed by atoms with Crippen molar-refractivity contribution in [3.05, 3.63) is 42.2 Å². The maximum Gasteiger partial charge on any atom is 0.342 e. The van der Waals surface area contributed by atoms with Crippen molar-refractivity contribution >= 4 is 6.03 Å². The maximum absolute atomic E-state index is 12.6. The molecular formula is C19H24N4O. The van der Waals surface area contributed by atoms with Crippen LogP contribution in [0.3, 0.4) is 0 Å². The minimum atomic E-state index is -0.126. The predicted octanol–water partition coefficient (Wildman–Crippen LogP) is 2.90. The van der Waals surface area contributed by atoms with Gasteiger partial charge in [-0.2, -0.15) is 9.78 Å². The summed E-state index contributed by atoms with van der Waals surface area (Å²) < 4.78 is 1.43. The van der Waals surface area contributed by atoms with Gasteiger partial charge in [0, 0.05) is 23.8 Å². The number of hydrogen-bond acceptors (Lipinski definition) is 3. The quantitative estimate of drug-likeness (QED) is 0.924. The Morgan fingerprint density at radius 2 is 1.88 bits per heavy atom. The lowest BCUT2D eigenvalue weighted by atomic mass is 9.79. The van der Waals surface area contributed by atoms with Crippen molar-refractivity contribution in [3.8, 4) is 11.1 Å². The summed E-state index contributed by atoms with van der Waals surface area (Å²) >= 11 is 0. The number of nitrogens with zero attached hydrogens (tertiary/aromatic N) is 3. The van der Waals surface area contributed by atoms with Crippen LogP contribution < -0.4 is 5.32 Å². The summed E-state index contributed by atoms with van der Waals surface area (Å²) in [6.45, 7) is 6.61. The van der Waals surface area contributed by atoms with Gasteiger partial charge in [0.05, 0.1) is 6.20 Å². The van der Waals surface area contributed by atoms with E-state index >= 15 is 0 Å². The fourth-order valence-electron chi connectivity index (χ4n) is 4.08. The van der Waals surface area contributed by atoms with E-state index in [0.717, 1.165) is 24.2 Å². The average Bonchev–Trinajstić information content (AvgIpc) is 3.09. The molecule has 2 atom stereocenters. The van der Waals surface area contributed by atoms with Gasteiger partial charge in [0.2, 0.25) is 0 Å². The lowest BCUT2D eigenvalue weighted by Gasteiger charge is -2.49. The molecule has 0 aliphatic carbocycles. The first-order valence-corrected chi connectivity index (χ1v) is 8.78. The maximum atomic E-state index is 12.6. The lowest BCUT2D eigenvalue weighted by Crippen LogP contribution is -2.62. The number of benzene rings is 1. The van der Waals surface area contributed by atoms with E-state index in [1.165, 1.54) is 23.1 Å². The number of hydrogen-bond donors (Lipinski definition) is 1. The van der Waals surface area contributed by atoms with E-state index < -0.39 is 0 Å². The van der Waals surface area contributed by atoms with E-state index in [-0.39, 0.29) is 12.1 Å². The Kier molecular flexibility index (Phi) is 3.88. The topological polar surface area (TPSA) is 50.2 Å². The summed E-state index contributed by atoms with van der Waals surface area (Å²) in [5.41, 5.74) is 3.27. The van der Waals surface area contributed by atoms with Gasteiger partial charge in [-0.25, -0.2) is 4.79 Å². The lowest BCUT2D eigenvalue weighted by molar-refractivity contribution is 0.0266. The van der Waals surface area contributed by atoms with Crippen LogP contribution in [0.15, 0.2) is 36.7 Å². The van der Waals surface area contributed by atoms with E-state index in [9.17, 15) is 4.79 Å². The molecule has 0 unspecified atom stereocenters. The van der Waals surface area contributed by atoms with Crippen molar-refractivity contribution in [1.29, 1.82) is 0 Å². The molecule has 0 spiro atoms. The minimum Gasteiger partial charge on any atom is -0.332 e. The highest BCUT2D eigenvalue weighted by Crippen LogP contribution is 2.32. The summed E-state index contributed by atoms with van der Waals surface area (Å²) in [6, 6.07) is 8.77. The molecule has 126 valence electrons. The van der Waals surface area contributed by atoms with Crippen LogP contribution in [-0.2, 0) is 0 Å². The second-order valence-electron chi connectivity index (χ2n) is 7.13. The van der Waals surface area contributed by atoms with Crippen molar-refractivity contribution < 1.29 is 4.79 Å². The zero-order valence-electron chi connectivity index (χ0n) is 14.3. The van der Waals surface area contributed by atoms with Crippen molar-refractivity contribution in [2.75, 3.05) is 13.1 Å². The molecule has 24 heavy (non-hydrogen) atoms. The summed E-state index contributed by atoms with van der Waals surface area (Å²) in [5, 5.41) is 7.47. The van der Waals surface area contributed by atoms with Gasteiger partial charge in [0.15, 0.2) is 0 Å². The zero-order valence-corrected chi connectivity index (χ0v) is 14.3. The highest BCUT2D eigenvalue weighted by molar-refractivity contribution is 5.78. The number of rotatable bonds is 2. The molecule has 1 aromatic heterocycles. The number of amides is 1. The van der Waals surface area contributed by atoms with Crippen molar-refractivity contribution in [2.24, 2.45) is 5.92 Å². The Morgan fingerprint density at radius 1 is 1.17 bits per heavy atom. The molecule has 1 N–H and O–H groups in total. The Bertz CT molecular complexity index is 726. The van der Waals surface area contributed by atoms with Gasteiger partial charge >= 0.3 is 6.03 Å². The second kappa shape index (κ2) is 6.06. The first kappa shape index (κ1) is 15.4. The van der Waals surface area contributed by atoms with Gasteiger partial charge in [-0.1, -0.05) is 29.8 Å². The Hall–Kier alpha value is -2.14. The smallest absolute Gasteiger partial charge is 0.332 e. The molecular weight excluding hydrogens is 300 g/mol. The van der Waals surface area contributed by atoms with Crippen LogP contribution in [0.1, 0.15) is 25.3 Å². The molecule has 5 heteroatoms. The third-order valence-corrected chi connectivity index (χ3v) is 5.64. The number of aryl methyl sites for hydroxylation is 1. The van der Waals surface area contributed by atoms with Crippen LogP contribution in [0.25, 0.3) is 11.1 Å². The van der Waals surface area contributed by atoms with Crippen LogP contribution >= 0.6 is 0 Å². The Balaban J connectivity index is 1.48. The minimum absolute atomic E-state index is 0.126. The summed E-state index contributed by atoms with van der Waals surface area (Å²) in [6.07, 6.45) is 5.93. The molecule has 5 nitrogen and oxygen atoms in total. The Morgan fingerprint density at radius 3 is 2.54 bits per heavy atom.